The fourth-order valence-corrected chi connectivity index (χ4v) is 2.90. The SMILES string of the molecule is O=C(NCCc1ccccc1)/C(=C/c1cccc([N+](=O)[O-])c1)NC(=O)c1ccccc1. The molecule has 7 nitrogen and oxygen atoms in total. The highest BCUT2D eigenvalue weighted by Crippen LogP contribution is 2.15. The third-order valence-electron chi connectivity index (χ3n) is 4.46. The summed E-state index contributed by atoms with van der Waals surface area (Å²) in [4.78, 5) is 35.9. The molecule has 7 heteroatoms. The number of carbonyl (C=O) groups is 2. The van der Waals surface area contributed by atoms with E-state index in [0.717, 1.165) is 5.56 Å². The highest BCUT2D eigenvalue weighted by atomic mass is 16.6. The quantitative estimate of drug-likeness (QED) is 0.333. The molecule has 0 saturated heterocycles. The zero-order valence-corrected chi connectivity index (χ0v) is 16.7. The molecule has 0 saturated carbocycles. The first-order valence-electron chi connectivity index (χ1n) is 9.67. The van der Waals surface area contributed by atoms with Crippen LogP contribution in [-0.2, 0) is 11.2 Å². The number of benzene rings is 3. The van der Waals surface area contributed by atoms with Crippen molar-refractivity contribution in [3.8, 4) is 0 Å². The maximum atomic E-state index is 12.8. The van der Waals surface area contributed by atoms with E-state index in [0.29, 0.717) is 24.1 Å². The number of amides is 2. The normalized spacial score (nSPS) is 10.9. The molecule has 0 bridgehead atoms. The summed E-state index contributed by atoms with van der Waals surface area (Å²) in [6, 6.07) is 24.0. The number of nitrogens with zero attached hydrogens (tertiary/aromatic N) is 1. The van der Waals surface area contributed by atoms with E-state index in [2.05, 4.69) is 10.6 Å². The lowest BCUT2D eigenvalue weighted by Crippen LogP contribution is -2.35. The topological polar surface area (TPSA) is 101 Å². The van der Waals surface area contributed by atoms with Gasteiger partial charge in [0, 0.05) is 24.2 Å². The molecule has 0 radical (unpaired) electrons. The number of non-ortho nitro benzene ring substituents is 1. The molecular formula is C24H21N3O4. The summed E-state index contributed by atoms with van der Waals surface area (Å²) >= 11 is 0. The Bertz CT molecular complexity index is 1100. The Morgan fingerprint density at radius 3 is 2.26 bits per heavy atom. The summed E-state index contributed by atoms with van der Waals surface area (Å²) in [6.07, 6.45) is 2.05. The second-order valence-corrected chi connectivity index (χ2v) is 6.72. The van der Waals surface area contributed by atoms with Crippen molar-refractivity contribution in [3.05, 3.63) is 117 Å². The van der Waals surface area contributed by atoms with E-state index < -0.39 is 16.7 Å². The van der Waals surface area contributed by atoms with Gasteiger partial charge in [-0.1, -0.05) is 60.7 Å². The van der Waals surface area contributed by atoms with Crippen LogP contribution in [0.2, 0.25) is 0 Å². The van der Waals surface area contributed by atoms with Crippen molar-refractivity contribution in [2.24, 2.45) is 0 Å². The first-order valence-corrected chi connectivity index (χ1v) is 9.67. The van der Waals surface area contributed by atoms with Gasteiger partial charge < -0.3 is 10.6 Å². The van der Waals surface area contributed by atoms with Crippen LogP contribution < -0.4 is 10.6 Å². The van der Waals surface area contributed by atoms with Gasteiger partial charge in [0.25, 0.3) is 17.5 Å². The zero-order valence-electron chi connectivity index (χ0n) is 16.7. The number of hydrogen-bond acceptors (Lipinski definition) is 4. The minimum Gasteiger partial charge on any atom is -0.350 e. The summed E-state index contributed by atoms with van der Waals surface area (Å²) in [7, 11) is 0. The molecule has 2 amide bonds. The van der Waals surface area contributed by atoms with Crippen molar-refractivity contribution >= 4 is 23.6 Å². The van der Waals surface area contributed by atoms with Crippen molar-refractivity contribution in [1.29, 1.82) is 0 Å². The fourth-order valence-electron chi connectivity index (χ4n) is 2.90. The number of nitro benzene ring substituents is 1. The first-order chi connectivity index (χ1) is 15.0. The Kier molecular flexibility index (Phi) is 7.26. The third kappa shape index (κ3) is 6.37. The third-order valence-corrected chi connectivity index (χ3v) is 4.46. The summed E-state index contributed by atoms with van der Waals surface area (Å²) in [6.45, 7) is 0.371. The van der Waals surface area contributed by atoms with E-state index in [4.69, 9.17) is 0 Å². The second kappa shape index (κ2) is 10.5. The van der Waals surface area contributed by atoms with Crippen LogP contribution >= 0.6 is 0 Å². The van der Waals surface area contributed by atoms with E-state index in [9.17, 15) is 19.7 Å². The largest absolute Gasteiger partial charge is 0.350 e. The monoisotopic (exact) mass is 415 g/mol. The maximum Gasteiger partial charge on any atom is 0.270 e. The summed E-state index contributed by atoms with van der Waals surface area (Å²) in [5.74, 6) is -0.929. The molecule has 2 N–H and O–H groups in total. The van der Waals surface area contributed by atoms with E-state index in [-0.39, 0.29) is 11.4 Å². The minimum atomic E-state index is -0.514. The smallest absolute Gasteiger partial charge is 0.270 e. The molecule has 0 heterocycles. The molecule has 0 aliphatic heterocycles. The zero-order chi connectivity index (χ0) is 22.1. The van der Waals surface area contributed by atoms with E-state index in [1.807, 2.05) is 30.3 Å². The van der Waals surface area contributed by atoms with Gasteiger partial charge in [-0.3, -0.25) is 19.7 Å². The highest BCUT2D eigenvalue weighted by molar-refractivity contribution is 6.05. The van der Waals surface area contributed by atoms with Gasteiger partial charge in [-0.25, -0.2) is 0 Å². The van der Waals surface area contributed by atoms with Crippen LogP contribution in [0.4, 0.5) is 5.69 Å². The average molecular weight is 415 g/mol. The van der Waals surface area contributed by atoms with Crippen molar-refractivity contribution < 1.29 is 14.5 Å². The van der Waals surface area contributed by atoms with E-state index in [1.165, 1.54) is 24.3 Å². The summed E-state index contributed by atoms with van der Waals surface area (Å²) in [5, 5.41) is 16.5. The highest BCUT2D eigenvalue weighted by Gasteiger charge is 2.15. The summed E-state index contributed by atoms with van der Waals surface area (Å²) in [5.41, 5.74) is 1.79. The average Bonchev–Trinajstić information content (AvgIpc) is 2.80. The van der Waals surface area contributed by atoms with Gasteiger partial charge in [-0.05, 0) is 35.8 Å². The Morgan fingerprint density at radius 2 is 1.58 bits per heavy atom. The van der Waals surface area contributed by atoms with Crippen molar-refractivity contribution in [2.75, 3.05) is 6.54 Å². The molecule has 156 valence electrons. The van der Waals surface area contributed by atoms with Crippen LogP contribution in [0.25, 0.3) is 6.08 Å². The number of carbonyl (C=O) groups excluding carboxylic acids is 2. The van der Waals surface area contributed by atoms with Crippen LogP contribution in [0.1, 0.15) is 21.5 Å². The predicted molar refractivity (Wildman–Crippen MR) is 118 cm³/mol. The van der Waals surface area contributed by atoms with Crippen LogP contribution in [0.3, 0.4) is 0 Å². The molecule has 3 aromatic rings. The van der Waals surface area contributed by atoms with Crippen LogP contribution in [-0.4, -0.2) is 23.3 Å². The van der Waals surface area contributed by atoms with Crippen LogP contribution in [0, 0.1) is 10.1 Å². The van der Waals surface area contributed by atoms with Crippen LogP contribution in [0.5, 0.6) is 0 Å². The molecule has 0 unspecified atom stereocenters. The molecule has 3 rings (SSSR count). The number of rotatable bonds is 8. The van der Waals surface area contributed by atoms with Gasteiger partial charge in [-0.2, -0.15) is 0 Å². The van der Waals surface area contributed by atoms with Crippen LogP contribution in [0.15, 0.2) is 90.6 Å². The Hall–Kier alpha value is -4.26. The molecule has 0 spiro atoms. The van der Waals surface area contributed by atoms with Crippen molar-refractivity contribution in [1.82, 2.24) is 10.6 Å². The minimum absolute atomic E-state index is 0.00223. The van der Waals surface area contributed by atoms with E-state index in [1.54, 1.807) is 36.4 Å². The van der Waals surface area contributed by atoms with Crippen molar-refractivity contribution in [3.63, 3.8) is 0 Å². The number of nitro groups is 1. The molecular weight excluding hydrogens is 394 g/mol. The Labute approximate surface area is 179 Å². The first kappa shape index (κ1) is 21.4. The summed E-state index contributed by atoms with van der Waals surface area (Å²) < 4.78 is 0. The number of nitrogens with one attached hydrogen (secondary N) is 2. The van der Waals surface area contributed by atoms with Gasteiger partial charge in [0.15, 0.2) is 0 Å². The standard InChI is InChI=1S/C24H21N3O4/c28-23(20-11-5-2-6-12-20)26-22(17-19-10-7-13-21(16-19)27(30)31)24(29)25-15-14-18-8-3-1-4-9-18/h1-13,16-17H,14-15H2,(H,25,29)(H,26,28)/b22-17-. The molecule has 0 fully saturated rings. The Balaban J connectivity index is 1.79. The van der Waals surface area contributed by atoms with Gasteiger partial charge >= 0.3 is 0 Å². The molecule has 0 atom stereocenters. The molecule has 31 heavy (non-hydrogen) atoms. The van der Waals surface area contributed by atoms with Gasteiger partial charge in [0.2, 0.25) is 0 Å². The second-order valence-electron chi connectivity index (χ2n) is 6.72. The number of hydrogen-bond donors (Lipinski definition) is 2. The molecule has 3 aromatic carbocycles. The Morgan fingerprint density at radius 1 is 0.903 bits per heavy atom. The van der Waals surface area contributed by atoms with Gasteiger partial charge in [-0.15, -0.1) is 0 Å². The molecule has 0 aliphatic carbocycles. The maximum absolute atomic E-state index is 12.8. The predicted octanol–water partition coefficient (Wildman–Crippen LogP) is 3.72. The molecule has 0 aromatic heterocycles. The fraction of sp³-hybridized carbons (Fsp3) is 0.0833. The molecule has 0 aliphatic rings. The lowest BCUT2D eigenvalue weighted by atomic mass is 10.1. The van der Waals surface area contributed by atoms with E-state index >= 15 is 0 Å². The lowest BCUT2D eigenvalue weighted by molar-refractivity contribution is -0.384. The van der Waals surface area contributed by atoms with Gasteiger partial charge in [0.1, 0.15) is 5.70 Å². The van der Waals surface area contributed by atoms with Gasteiger partial charge in [0.05, 0.1) is 4.92 Å². The van der Waals surface area contributed by atoms with Crippen molar-refractivity contribution in [2.45, 2.75) is 6.42 Å². The lowest BCUT2D eigenvalue weighted by Gasteiger charge is -2.11.